The lowest BCUT2D eigenvalue weighted by atomic mass is 10.1. The lowest BCUT2D eigenvalue weighted by molar-refractivity contribution is -0.154. The quantitative estimate of drug-likeness (QED) is 0.0642. The summed E-state index contributed by atoms with van der Waals surface area (Å²) < 4.78 is 132. The number of benzene rings is 3. The van der Waals surface area contributed by atoms with Gasteiger partial charge in [-0.1, -0.05) is 24.3 Å². The summed E-state index contributed by atoms with van der Waals surface area (Å²) >= 11 is -4.36. The molecule has 0 aliphatic rings. The number of aryl methyl sites for hydroxylation is 1. The molecular formula is C49H47F6N9O7S3. The van der Waals surface area contributed by atoms with Crippen LogP contribution in [0.2, 0.25) is 0 Å². The van der Waals surface area contributed by atoms with Crippen LogP contribution < -0.4 is 18.9 Å². The second-order valence-corrected chi connectivity index (χ2v) is 20.2. The van der Waals surface area contributed by atoms with Gasteiger partial charge in [-0.05, 0) is 76.2 Å². The molecule has 16 nitrogen and oxygen atoms in total. The smallest absolute Gasteiger partial charge is 0.422 e. The third kappa shape index (κ3) is 14.3. The van der Waals surface area contributed by atoms with E-state index < -0.39 is 59.1 Å². The molecule has 3 unspecified atom stereocenters. The summed E-state index contributed by atoms with van der Waals surface area (Å²) in [5.41, 5.74) is 8.72. The highest BCUT2D eigenvalue weighted by atomic mass is 32.2. The monoisotopic (exact) mass is 1080 g/mol. The number of para-hydroxylation sites is 4. The number of hydrogen-bond acceptors (Lipinski definition) is 13. The number of alkyl halides is 6. The molecule has 0 radical (unpaired) electrons. The van der Waals surface area contributed by atoms with E-state index in [4.69, 9.17) is 18.9 Å². The fourth-order valence-electron chi connectivity index (χ4n) is 7.11. The number of hydrogen-bond donors (Lipinski definition) is 3. The molecule has 9 rings (SSSR count). The second kappa shape index (κ2) is 24.1. The Morgan fingerprint density at radius 3 is 1.35 bits per heavy atom. The highest BCUT2D eigenvalue weighted by Crippen LogP contribution is 2.30. The maximum absolute atomic E-state index is 12.7. The number of ether oxygens (including phenoxy) is 4. The predicted molar refractivity (Wildman–Crippen MR) is 266 cm³/mol. The average molecular weight is 1080 g/mol. The lowest BCUT2D eigenvalue weighted by Gasteiger charge is -2.14. The fraction of sp³-hybridized carbons (Fsp3) is 0.265. The van der Waals surface area contributed by atoms with Gasteiger partial charge in [-0.3, -0.25) is 29.9 Å². The fourth-order valence-corrected chi connectivity index (χ4v) is 10.4. The molecule has 0 amide bonds. The van der Waals surface area contributed by atoms with E-state index in [0.717, 1.165) is 44.6 Å². The number of halogens is 6. The van der Waals surface area contributed by atoms with Crippen molar-refractivity contribution in [2.75, 3.05) is 27.4 Å². The highest BCUT2D eigenvalue weighted by Gasteiger charge is 2.31. The predicted octanol–water partition coefficient (Wildman–Crippen LogP) is 9.93. The number of pyridine rings is 3. The summed E-state index contributed by atoms with van der Waals surface area (Å²) in [6.07, 6.45) is -4.43. The van der Waals surface area contributed by atoms with Crippen molar-refractivity contribution in [2.24, 2.45) is 0 Å². The molecule has 3 atom stereocenters. The minimum Gasteiger partial charge on any atom is -0.609 e. The van der Waals surface area contributed by atoms with Crippen molar-refractivity contribution >= 4 is 66.6 Å². The van der Waals surface area contributed by atoms with Crippen LogP contribution in [0.15, 0.2) is 113 Å². The molecule has 6 heterocycles. The van der Waals surface area contributed by atoms with Crippen LogP contribution in [0.5, 0.6) is 23.0 Å². The number of H-pyrrole nitrogens is 3. The Morgan fingerprint density at radius 2 is 0.932 bits per heavy atom. The van der Waals surface area contributed by atoms with Gasteiger partial charge in [0.1, 0.15) is 23.0 Å². The Morgan fingerprint density at radius 1 is 0.514 bits per heavy atom. The minimum absolute atomic E-state index is 0.0227. The molecule has 0 saturated carbocycles. The Kier molecular flexibility index (Phi) is 17.9. The van der Waals surface area contributed by atoms with Gasteiger partial charge in [0, 0.05) is 80.4 Å². The molecule has 3 N–H and O–H groups in total. The standard InChI is InChI=1S/C17H19N3O3S.2C16H14F3N3O2S/c1-10-8-18-15(11(2)16(10)23-4)9-24(21)17-19-13-6-5-12(22-3)7-14(13)20-17;2*1-10-13(20-7-6-14(10)24-9-16(17,18)19)8-25(23)15-21-11-4-2-3-5-12(11)22-15/h5-8H,9H2,1-4H3,(H,19,20);2*2-7H,8-9H2,1H3,(H,21,22). The van der Waals surface area contributed by atoms with Gasteiger partial charge in [0.2, 0.25) is 0 Å². The van der Waals surface area contributed by atoms with Crippen LogP contribution in [0.4, 0.5) is 26.3 Å². The molecule has 0 spiro atoms. The van der Waals surface area contributed by atoms with Crippen molar-refractivity contribution in [3.63, 3.8) is 0 Å². The topological polar surface area (TPSA) is 231 Å². The summed E-state index contributed by atoms with van der Waals surface area (Å²) in [6.45, 7) is 4.27. The number of imidazole rings is 3. The molecule has 0 fully saturated rings. The first-order valence-corrected chi connectivity index (χ1v) is 26.0. The van der Waals surface area contributed by atoms with Crippen LogP contribution in [0.25, 0.3) is 33.1 Å². The highest BCUT2D eigenvalue weighted by molar-refractivity contribution is 7.91. The molecule has 3 aromatic carbocycles. The van der Waals surface area contributed by atoms with Crippen LogP contribution >= 0.6 is 0 Å². The van der Waals surface area contributed by atoms with E-state index in [9.17, 15) is 40.0 Å². The number of nitrogens with zero attached hydrogens (tertiary/aromatic N) is 6. The SMILES string of the molecule is COc1ccc2[nH]c([S+]([O-])Cc3ncc(C)c(OC)c3C)nc2c1.Cc1c(OCC(F)(F)F)ccnc1C[S+]([O-])c1nc2ccccc2[nH]1.Cc1c(OCC(F)(F)F)ccnc1C[S+]([O-])c1nc2ccccc2[nH]1. The Labute approximate surface area is 428 Å². The normalized spacial score (nSPS) is 12.9. The van der Waals surface area contributed by atoms with Crippen molar-refractivity contribution in [3.8, 4) is 23.0 Å². The zero-order valence-corrected chi connectivity index (χ0v) is 42.8. The van der Waals surface area contributed by atoms with Crippen LogP contribution in [-0.4, -0.2) is 98.3 Å². The van der Waals surface area contributed by atoms with Crippen molar-refractivity contribution in [1.82, 2.24) is 44.9 Å². The lowest BCUT2D eigenvalue weighted by Crippen LogP contribution is -2.20. The van der Waals surface area contributed by atoms with Gasteiger partial charge in [0.05, 0.1) is 64.4 Å². The van der Waals surface area contributed by atoms with E-state index in [-0.39, 0.29) is 28.8 Å². The molecule has 9 aromatic rings. The molecule has 0 bridgehead atoms. The minimum atomic E-state index is -4.42. The average Bonchev–Trinajstić information content (AvgIpc) is 4.13. The molecule has 0 aliphatic carbocycles. The van der Waals surface area contributed by atoms with Gasteiger partial charge >= 0.3 is 27.8 Å². The maximum atomic E-state index is 12.7. The van der Waals surface area contributed by atoms with Gasteiger partial charge in [0.15, 0.2) is 30.5 Å². The summed E-state index contributed by atoms with van der Waals surface area (Å²) in [5, 5.41) is 1.02. The first-order chi connectivity index (χ1) is 35.2. The van der Waals surface area contributed by atoms with Gasteiger partial charge < -0.3 is 32.6 Å². The molecule has 0 aliphatic heterocycles. The van der Waals surface area contributed by atoms with Crippen LogP contribution in [0, 0.1) is 27.7 Å². The second-order valence-electron chi connectivity index (χ2n) is 16.1. The van der Waals surface area contributed by atoms with E-state index >= 15 is 0 Å². The number of rotatable bonds is 15. The maximum Gasteiger partial charge on any atom is 0.422 e. The van der Waals surface area contributed by atoms with Gasteiger partial charge in [-0.15, -0.1) is 0 Å². The van der Waals surface area contributed by atoms with Crippen molar-refractivity contribution < 1.29 is 58.9 Å². The summed E-state index contributed by atoms with van der Waals surface area (Å²) in [6, 6.07) is 22.8. The van der Waals surface area contributed by atoms with E-state index in [2.05, 4.69) is 44.9 Å². The Bertz CT molecular complexity index is 3130. The number of methoxy groups -OCH3 is 2. The molecular weight excluding hydrogens is 1040 g/mol. The molecule has 74 heavy (non-hydrogen) atoms. The van der Waals surface area contributed by atoms with E-state index in [1.807, 2.05) is 68.4 Å². The Hall–Kier alpha value is -6.77. The zero-order valence-electron chi connectivity index (χ0n) is 40.3. The van der Waals surface area contributed by atoms with Gasteiger partial charge in [0.25, 0.3) is 0 Å². The summed E-state index contributed by atoms with van der Waals surface area (Å²) in [5.74, 6) is 1.97. The largest absolute Gasteiger partial charge is 0.609 e. The van der Waals surface area contributed by atoms with Gasteiger partial charge in [-0.25, -0.2) is 0 Å². The van der Waals surface area contributed by atoms with E-state index in [1.54, 1.807) is 46.4 Å². The molecule has 25 heteroatoms. The summed E-state index contributed by atoms with van der Waals surface area (Å²) in [7, 11) is 3.23. The zero-order chi connectivity index (χ0) is 53.3. The number of aromatic amines is 3. The number of aromatic nitrogens is 9. The summed E-state index contributed by atoms with van der Waals surface area (Å²) in [4.78, 5) is 34.6. The van der Waals surface area contributed by atoms with Gasteiger partial charge in [-0.2, -0.15) is 41.3 Å². The van der Waals surface area contributed by atoms with Crippen molar-refractivity contribution in [3.05, 3.63) is 137 Å². The third-order valence-corrected chi connectivity index (χ3v) is 14.4. The van der Waals surface area contributed by atoms with Crippen LogP contribution in [0.1, 0.15) is 39.3 Å². The molecule has 6 aromatic heterocycles. The van der Waals surface area contributed by atoms with E-state index in [1.165, 1.54) is 24.5 Å². The molecule has 0 saturated heterocycles. The third-order valence-electron chi connectivity index (χ3n) is 10.9. The molecule has 390 valence electrons. The van der Waals surface area contributed by atoms with Crippen molar-refractivity contribution in [2.45, 2.75) is 72.8 Å². The van der Waals surface area contributed by atoms with Crippen LogP contribution in [0.3, 0.4) is 0 Å². The first kappa shape index (κ1) is 55.0. The number of nitrogens with one attached hydrogen (secondary N) is 3. The van der Waals surface area contributed by atoms with Crippen molar-refractivity contribution in [1.29, 1.82) is 0 Å². The number of fused-ring (bicyclic) bond motifs is 3. The van der Waals surface area contributed by atoms with Crippen LogP contribution in [-0.2, 0) is 50.8 Å². The Balaban J connectivity index is 0.000000162. The first-order valence-electron chi connectivity index (χ1n) is 22.1. The van der Waals surface area contributed by atoms with E-state index in [0.29, 0.717) is 54.8 Å².